The first kappa shape index (κ1) is 21.5. The van der Waals surface area contributed by atoms with Gasteiger partial charge in [-0.1, -0.05) is 35.9 Å². The van der Waals surface area contributed by atoms with E-state index < -0.39 is 18.5 Å². The van der Waals surface area contributed by atoms with Crippen molar-refractivity contribution in [2.24, 2.45) is 0 Å². The number of halogens is 1. The fraction of sp³-hybridized carbons (Fsp3) is 0.0435. The zero-order valence-electron chi connectivity index (χ0n) is 16.6. The van der Waals surface area contributed by atoms with Gasteiger partial charge < -0.3 is 10.1 Å². The number of amides is 1. The van der Waals surface area contributed by atoms with E-state index in [0.29, 0.717) is 10.8 Å². The van der Waals surface area contributed by atoms with Crippen molar-refractivity contribution in [3.63, 3.8) is 0 Å². The van der Waals surface area contributed by atoms with E-state index in [9.17, 15) is 9.59 Å². The van der Waals surface area contributed by atoms with Gasteiger partial charge in [-0.2, -0.15) is 5.10 Å². The molecule has 0 fully saturated rings. The summed E-state index contributed by atoms with van der Waals surface area (Å²) in [4.78, 5) is 29.0. The van der Waals surface area contributed by atoms with Crippen molar-refractivity contribution in [1.29, 1.82) is 0 Å². The van der Waals surface area contributed by atoms with Crippen molar-refractivity contribution in [1.82, 2.24) is 14.8 Å². The lowest BCUT2D eigenvalue weighted by atomic mass is 10.2. The van der Waals surface area contributed by atoms with E-state index in [-0.39, 0.29) is 0 Å². The van der Waals surface area contributed by atoms with Crippen molar-refractivity contribution in [3.05, 3.63) is 89.0 Å². The minimum absolute atomic E-state index is 0.319. The van der Waals surface area contributed by atoms with Gasteiger partial charge in [-0.25, -0.2) is 14.5 Å². The summed E-state index contributed by atoms with van der Waals surface area (Å²) in [5.41, 5.74) is 2.41. The SMILES string of the molecule is O=C(COC(=O)C=Cc1cn(-c2ccccc2)nc1-c1cccs1)Nc1ccc(Cl)cn1. The van der Waals surface area contributed by atoms with Gasteiger partial charge in [0.25, 0.3) is 5.91 Å². The number of nitrogens with zero attached hydrogens (tertiary/aromatic N) is 3. The lowest BCUT2D eigenvalue weighted by molar-refractivity contribution is -0.142. The zero-order valence-corrected chi connectivity index (χ0v) is 18.2. The number of anilines is 1. The molecule has 0 aliphatic heterocycles. The highest BCUT2D eigenvalue weighted by molar-refractivity contribution is 7.13. The summed E-state index contributed by atoms with van der Waals surface area (Å²) in [5, 5.41) is 9.62. The van der Waals surface area contributed by atoms with Crippen LogP contribution in [0.15, 0.2) is 78.4 Å². The van der Waals surface area contributed by atoms with Gasteiger partial charge in [-0.15, -0.1) is 11.3 Å². The monoisotopic (exact) mass is 464 g/mol. The molecule has 0 spiro atoms. The van der Waals surface area contributed by atoms with Gasteiger partial charge in [0.2, 0.25) is 0 Å². The number of nitrogens with one attached hydrogen (secondary N) is 1. The standard InChI is InChI=1S/C23H17ClN4O3S/c24-17-9-10-20(25-13-17)26-21(29)15-31-22(30)11-8-16-14-28(18-5-2-1-3-6-18)27-23(16)19-7-4-12-32-19/h1-14H,15H2,(H,25,26,29). The molecule has 0 bridgehead atoms. The number of esters is 1. The second kappa shape index (κ2) is 10.0. The number of aromatic nitrogens is 3. The van der Waals surface area contributed by atoms with Crippen LogP contribution in [-0.4, -0.2) is 33.2 Å². The fourth-order valence-electron chi connectivity index (χ4n) is 2.80. The zero-order chi connectivity index (χ0) is 22.3. The molecule has 0 aliphatic rings. The second-order valence-corrected chi connectivity index (χ2v) is 7.93. The topological polar surface area (TPSA) is 86.1 Å². The first-order valence-corrected chi connectivity index (χ1v) is 10.8. The quantitative estimate of drug-likeness (QED) is 0.312. The molecule has 32 heavy (non-hydrogen) atoms. The number of hydrogen-bond donors (Lipinski definition) is 1. The Morgan fingerprint density at radius 1 is 1.12 bits per heavy atom. The van der Waals surface area contributed by atoms with Crippen LogP contribution in [0.25, 0.3) is 22.3 Å². The number of pyridine rings is 1. The minimum atomic E-state index is -0.645. The van der Waals surface area contributed by atoms with Gasteiger partial charge in [0.1, 0.15) is 11.5 Å². The Kier molecular flexibility index (Phi) is 6.74. The highest BCUT2D eigenvalue weighted by Gasteiger charge is 2.12. The Labute approximate surface area is 192 Å². The number of carbonyl (C=O) groups is 2. The maximum absolute atomic E-state index is 12.1. The molecule has 1 aromatic carbocycles. The van der Waals surface area contributed by atoms with Gasteiger partial charge in [0.05, 0.1) is 15.6 Å². The molecule has 1 amide bonds. The molecule has 3 heterocycles. The van der Waals surface area contributed by atoms with Crippen LogP contribution in [0.4, 0.5) is 5.82 Å². The first-order chi connectivity index (χ1) is 15.6. The highest BCUT2D eigenvalue weighted by Crippen LogP contribution is 2.28. The van der Waals surface area contributed by atoms with Gasteiger partial charge >= 0.3 is 5.97 Å². The van der Waals surface area contributed by atoms with E-state index in [4.69, 9.17) is 16.3 Å². The van der Waals surface area contributed by atoms with Crippen molar-refractivity contribution in [2.45, 2.75) is 0 Å². The Morgan fingerprint density at radius 3 is 2.69 bits per heavy atom. The van der Waals surface area contributed by atoms with Gasteiger partial charge in [0.15, 0.2) is 6.61 Å². The largest absolute Gasteiger partial charge is 0.452 e. The molecule has 0 aliphatic carbocycles. The van der Waals surface area contributed by atoms with Crippen molar-refractivity contribution in [2.75, 3.05) is 11.9 Å². The molecule has 0 radical (unpaired) electrons. The van der Waals surface area contributed by atoms with Gasteiger partial charge in [0, 0.05) is 24.0 Å². The maximum Gasteiger partial charge on any atom is 0.331 e. The van der Waals surface area contributed by atoms with Gasteiger partial charge in [-0.05, 0) is 41.8 Å². The van der Waals surface area contributed by atoms with Crippen LogP contribution in [0, 0.1) is 0 Å². The third-order valence-electron chi connectivity index (χ3n) is 4.26. The fourth-order valence-corrected chi connectivity index (χ4v) is 3.64. The van der Waals surface area contributed by atoms with Crippen LogP contribution in [0.1, 0.15) is 5.56 Å². The summed E-state index contributed by atoms with van der Waals surface area (Å²) in [6, 6.07) is 16.7. The minimum Gasteiger partial charge on any atom is -0.452 e. The van der Waals surface area contributed by atoms with E-state index in [1.54, 1.807) is 34.2 Å². The summed E-state index contributed by atoms with van der Waals surface area (Å²) in [6.45, 7) is -0.436. The molecule has 160 valence electrons. The Hall–Kier alpha value is -3.75. The van der Waals surface area contributed by atoms with Crippen LogP contribution in [-0.2, 0) is 14.3 Å². The van der Waals surface area contributed by atoms with E-state index >= 15 is 0 Å². The lowest BCUT2D eigenvalue weighted by Gasteiger charge is -2.04. The van der Waals surface area contributed by atoms with Crippen LogP contribution in [0.3, 0.4) is 0 Å². The molecular weight excluding hydrogens is 448 g/mol. The Balaban J connectivity index is 1.42. The van der Waals surface area contributed by atoms with Crippen LogP contribution in [0.5, 0.6) is 0 Å². The van der Waals surface area contributed by atoms with E-state index in [0.717, 1.165) is 21.8 Å². The van der Waals surface area contributed by atoms with Crippen LogP contribution >= 0.6 is 22.9 Å². The highest BCUT2D eigenvalue weighted by atomic mass is 35.5. The van der Waals surface area contributed by atoms with Crippen LogP contribution in [0.2, 0.25) is 5.02 Å². The summed E-state index contributed by atoms with van der Waals surface area (Å²) >= 11 is 7.31. The van der Waals surface area contributed by atoms with Crippen LogP contribution < -0.4 is 5.32 Å². The molecule has 0 atom stereocenters. The Morgan fingerprint density at radius 2 is 1.97 bits per heavy atom. The number of carbonyl (C=O) groups excluding carboxylic acids is 2. The molecule has 0 saturated heterocycles. The molecule has 4 rings (SSSR count). The number of benzene rings is 1. The Bertz CT molecular complexity index is 1240. The van der Waals surface area contributed by atoms with E-state index in [2.05, 4.69) is 15.4 Å². The summed E-state index contributed by atoms with van der Waals surface area (Å²) in [7, 11) is 0. The number of thiophene rings is 1. The molecule has 4 aromatic rings. The number of ether oxygens (including phenoxy) is 1. The lowest BCUT2D eigenvalue weighted by Crippen LogP contribution is -2.20. The van der Waals surface area contributed by atoms with Crippen molar-refractivity contribution < 1.29 is 14.3 Å². The van der Waals surface area contributed by atoms with E-state index in [1.807, 2.05) is 54.0 Å². The predicted molar refractivity (Wildman–Crippen MR) is 125 cm³/mol. The maximum atomic E-state index is 12.1. The van der Waals surface area contributed by atoms with E-state index in [1.165, 1.54) is 12.3 Å². The average molecular weight is 465 g/mol. The number of rotatable bonds is 7. The molecular formula is C23H17ClN4O3S. The third kappa shape index (κ3) is 5.48. The molecule has 9 heteroatoms. The van der Waals surface area contributed by atoms with Crippen molar-refractivity contribution in [3.8, 4) is 16.3 Å². The van der Waals surface area contributed by atoms with Crippen molar-refractivity contribution >= 4 is 46.7 Å². The number of hydrogen-bond acceptors (Lipinski definition) is 6. The number of para-hydroxylation sites is 1. The normalized spacial score (nSPS) is 10.9. The smallest absolute Gasteiger partial charge is 0.331 e. The third-order valence-corrected chi connectivity index (χ3v) is 5.36. The molecule has 7 nitrogen and oxygen atoms in total. The average Bonchev–Trinajstić information content (AvgIpc) is 3.48. The molecule has 1 N–H and O–H groups in total. The summed E-state index contributed by atoms with van der Waals surface area (Å²) in [5.74, 6) is -0.827. The summed E-state index contributed by atoms with van der Waals surface area (Å²) < 4.78 is 6.78. The molecule has 0 unspecified atom stereocenters. The second-order valence-electron chi connectivity index (χ2n) is 6.54. The predicted octanol–water partition coefficient (Wildman–Crippen LogP) is 4.84. The molecule has 0 saturated carbocycles. The van der Waals surface area contributed by atoms with Gasteiger partial charge in [-0.3, -0.25) is 4.79 Å². The first-order valence-electron chi connectivity index (χ1n) is 9.54. The molecule has 3 aromatic heterocycles. The summed E-state index contributed by atoms with van der Waals surface area (Å²) in [6.07, 6.45) is 6.15.